The molecule has 1 aromatic heterocycles. The molecule has 2 aromatic rings. The van der Waals surface area contributed by atoms with E-state index in [0.29, 0.717) is 17.0 Å². The zero-order chi connectivity index (χ0) is 36.9. The molecule has 274 valence electrons. The summed E-state index contributed by atoms with van der Waals surface area (Å²) in [4.78, 5) is 45.5. The Morgan fingerprint density at radius 1 is 1.04 bits per heavy atom. The van der Waals surface area contributed by atoms with Gasteiger partial charge in [-0.3, -0.25) is 24.4 Å². The summed E-state index contributed by atoms with van der Waals surface area (Å²) in [6.45, 7) is 5.81. The Balaban J connectivity index is 1.90. The maximum Gasteiger partial charge on any atom is 0.411 e. The molecule has 0 radical (unpaired) electrons. The lowest BCUT2D eigenvalue weighted by Gasteiger charge is -2.42. The van der Waals surface area contributed by atoms with Gasteiger partial charge in [-0.15, -0.1) is 0 Å². The van der Waals surface area contributed by atoms with Crippen LogP contribution in [0, 0.1) is 5.82 Å². The van der Waals surface area contributed by atoms with E-state index >= 15 is 0 Å². The zero-order valence-corrected chi connectivity index (χ0v) is 28.1. The molecular formula is C31H38F8N4O5S. The summed E-state index contributed by atoms with van der Waals surface area (Å²) >= 11 is 0. The molecule has 0 spiro atoms. The zero-order valence-electron chi connectivity index (χ0n) is 27.3. The van der Waals surface area contributed by atoms with Crippen LogP contribution in [0.15, 0.2) is 47.6 Å². The van der Waals surface area contributed by atoms with Crippen molar-refractivity contribution in [2.24, 2.45) is 0 Å². The van der Waals surface area contributed by atoms with Gasteiger partial charge in [-0.2, -0.15) is 0 Å². The molecule has 3 unspecified atom stereocenters. The van der Waals surface area contributed by atoms with Crippen LogP contribution in [0.3, 0.4) is 0 Å². The van der Waals surface area contributed by atoms with Crippen LogP contribution in [0.2, 0.25) is 0 Å². The standard InChI is InChI=1S/C31H38F8N4O5S/c1-29(2,3)48-28(46)42-18-23(47-5)15-30(42,4)27(45)43(22-6-8-24(9-7-22)49(35,36,37,38)39)25(19-14-20(32)17-40-16-19)26(44)41-21-10-12-31(33,34)13-11-21/h6-9,14,16-17,21,23,25H,10-13,15,18H2,1-5H3,(H,41,44). The number of benzene rings is 1. The number of aromatic nitrogens is 1. The maximum absolute atomic E-state index is 14.9. The third kappa shape index (κ3) is 8.93. The van der Waals surface area contributed by atoms with E-state index in [-0.39, 0.29) is 43.5 Å². The van der Waals surface area contributed by atoms with Gasteiger partial charge in [-0.1, -0.05) is 19.4 Å². The van der Waals surface area contributed by atoms with Crippen LogP contribution >= 0.6 is 10.2 Å². The molecular weight excluding hydrogens is 692 g/mol. The van der Waals surface area contributed by atoms with Gasteiger partial charge in [0.2, 0.25) is 11.8 Å². The third-order valence-electron chi connectivity index (χ3n) is 8.41. The molecule has 2 aliphatic rings. The molecule has 4 rings (SSSR count). The first kappa shape index (κ1) is 38.1. The van der Waals surface area contributed by atoms with E-state index < -0.39 is 92.6 Å². The first-order valence-corrected chi connectivity index (χ1v) is 17.2. The molecule has 3 amide bonds. The number of carbonyl (C=O) groups is 3. The minimum absolute atomic E-state index is 0.0414. The largest absolute Gasteiger partial charge is 0.444 e. The number of halogens is 8. The number of amides is 3. The number of pyridine rings is 1. The van der Waals surface area contributed by atoms with Gasteiger partial charge in [0.1, 0.15) is 27.9 Å². The van der Waals surface area contributed by atoms with Crippen LogP contribution in [-0.2, 0) is 19.1 Å². The van der Waals surface area contributed by atoms with E-state index in [1.54, 1.807) is 20.8 Å². The highest BCUT2D eigenvalue weighted by Gasteiger charge is 2.65. The average Bonchev–Trinajstić information content (AvgIpc) is 3.32. The SMILES string of the molecule is COC1CN(C(=O)OC(C)(C)C)C(C)(C(=O)N(c2ccc(S(F)(F)(F)(F)F)cc2)C(C(=O)NC2CCC(F)(F)CC2)c2cncc(F)c2)C1. The van der Waals surface area contributed by atoms with E-state index in [4.69, 9.17) is 9.47 Å². The molecule has 1 saturated carbocycles. The van der Waals surface area contributed by atoms with Crippen molar-refractivity contribution in [1.29, 1.82) is 0 Å². The van der Waals surface area contributed by atoms with Gasteiger partial charge in [0.15, 0.2) is 0 Å². The van der Waals surface area contributed by atoms with E-state index in [2.05, 4.69) is 10.3 Å². The lowest BCUT2D eigenvalue weighted by atomic mass is 9.91. The molecule has 0 bridgehead atoms. The lowest BCUT2D eigenvalue weighted by Crippen LogP contribution is -2.59. The Morgan fingerprint density at radius 3 is 2.14 bits per heavy atom. The highest BCUT2D eigenvalue weighted by atomic mass is 32.5. The monoisotopic (exact) mass is 730 g/mol. The summed E-state index contributed by atoms with van der Waals surface area (Å²) in [5, 5.41) is 2.58. The van der Waals surface area contributed by atoms with Gasteiger partial charge in [0.25, 0.3) is 5.91 Å². The van der Waals surface area contributed by atoms with E-state index in [9.17, 15) is 47.0 Å². The number of nitrogens with one attached hydrogen (secondary N) is 1. The van der Waals surface area contributed by atoms with Crippen molar-refractivity contribution in [3.05, 3.63) is 54.1 Å². The number of likely N-dealkylation sites (tertiary alicyclic amines) is 1. The Hall–Kier alpha value is -3.67. The van der Waals surface area contributed by atoms with Crippen molar-refractivity contribution >= 4 is 33.8 Å². The van der Waals surface area contributed by atoms with Crippen LogP contribution in [-0.4, -0.2) is 70.7 Å². The number of anilines is 1. The number of ether oxygens (including phenoxy) is 2. The molecule has 1 N–H and O–H groups in total. The molecule has 1 saturated heterocycles. The summed E-state index contributed by atoms with van der Waals surface area (Å²) in [6, 6.07) is -0.771. The van der Waals surface area contributed by atoms with Crippen molar-refractivity contribution in [3.63, 3.8) is 0 Å². The molecule has 2 fully saturated rings. The van der Waals surface area contributed by atoms with Crippen molar-refractivity contribution in [2.75, 3.05) is 18.6 Å². The van der Waals surface area contributed by atoms with Crippen LogP contribution < -0.4 is 10.2 Å². The number of rotatable bonds is 8. The highest BCUT2D eigenvalue weighted by molar-refractivity contribution is 8.45. The highest BCUT2D eigenvalue weighted by Crippen LogP contribution is 3.02. The quantitative estimate of drug-likeness (QED) is 0.276. The van der Waals surface area contributed by atoms with Gasteiger partial charge in [-0.05, 0) is 70.9 Å². The summed E-state index contributed by atoms with van der Waals surface area (Å²) < 4.78 is 122. The van der Waals surface area contributed by atoms with E-state index in [1.807, 2.05) is 0 Å². The van der Waals surface area contributed by atoms with Crippen LogP contribution in [0.4, 0.5) is 43.1 Å². The summed E-state index contributed by atoms with van der Waals surface area (Å²) in [6.07, 6.45) is -1.64. The molecule has 3 atom stereocenters. The van der Waals surface area contributed by atoms with Gasteiger partial charge < -0.3 is 14.8 Å². The van der Waals surface area contributed by atoms with E-state index in [1.165, 1.54) is 14.0 Å². The Morgan fingerprint density at radius 2 is 1.63 bits per heavy atom. The second kappa shape index (κ2) is 12.3. The van der Waals surface area contributed by atoms with Crippen LogP contribution in [0.25, 0.3) is 0 Å². The normalized spacial score (nSPS) is 23.6. The summed E-state index contributed by atoms with van der Waals surface area (Å²) in [5.41, 5.74) is -3.79. The first-order chi connectivity index (χ1) is 22.2. The summed E-state index contributed by atoms with van der Waals surface area (Å²) in [7, 11) is -8.89. The molecule has 1 aliphatic heterocycles. The molecule has 49 heavy (non-hydrogen) atoms. The smallest absolute Gasteiger partial charge is 0.411 e. The number of hydrogen-bond donors (Lipinski definition) is 1. The molecule has 1 aliphatic carbocycles. The van der Waals surface area contributed by atoms with Crippen molar-refractivity contribution in [1.82, 2.24) is 15.2 Å². The number of nitrogens with zero attached hydrogens (tertiary/aromatic N) is 3. The fourth-order valence-corrected chi connectivity index (χ4v) is 6.59. The maximum atomic E-state index is 14.9. The minimum atomic E-state index is -10.2. The fourth-order valence-electron chi connectivity index (χ4n) is 5.94. The molecule has 9 nitrogen and oxygen atoms in total. The lowest BCUT2D eigenvalue weighted by molar-refractivity contribution is -0.132. The summed E-state index contributed by atoms with van der Waals surface area (Å²) in [5.74, 6) is -6.10. The van der Waals surface area contributed by atoms with E-state index in [0.717, 1.165) is 23.4 Å². The van der Waals surface area contributed by atoms with Crippen LogP contribution in [0.1, 0.15) is 71.4 Å². The number of alkyl halides is 2. The number of hydrogen-bond acceptors (Lipinski definition) is 6. The average molecular weight is 731 g/mol. The molecule has 18 heteroatoms. The topological polar surface area (TPSA) is 101 Å². The van der Waals surface area contributed by atoms with Gasteiger partial charge in [0.05, 0.1) is 18.8 Å². The second-order valence-electron chi connectivity index (χ2n) is 13.5. The minimum Gasteiger partial charge on any atom is -0.444 e. The van der Waals surface area contributed by atoms with Crippen molar-refractivity contribution in [2.45, 2.75) is 99.9 Å². The van der Waals surface area contributed by atoms with Gasteiger partial charge >= 0.3 is 16.3 Å². The first-order valence-electron chi connectivity index (χ1n) is 15.2. The number of carbonyl (C=O) groups excluding carboxylic acids is 3. The molecule has 2 heterocycles. The van der Waals surface area contributed by atoms with Crippen molar-refractivity contribution in [3.8, 4) is 0 Å². The second-order valence-corrected chi connectivity index (χ2v) is 16.0. The van der Waals surface area contributed by atoms with Crippen LogP contribution in [0.5, 0.6) is 0 Å². The third-order valence-corrected chi connectivity index (χ3v) is 9.57. The Labute approximate surface area is 278 Å². The predicted octanol–water partition coefficient (Wildman–Crippen LogP) is 8.06. The van der Waals surface area contributed by atoms with Crippen molar-refractivity contribution < 1.29 is 56.5 Å². The molecule has 1 aromatic carbocycles. The number of methoxy groups -OCH3 is 1. The Bertz CT molecular complexity index is 1580. The predicted molar refractivity (Wildman–Crippen MR) is 164 cm³/mol. The van der Waals surface area contributed by atoms with Gasteiger partial charge in [0, 0.05) is 49.9 Å². The van der Waals surface area contributed by atoms with Gasteiger partial charge in [-0.25, -0.2) is 18.0 Å². The Kier molecular flexibility index (Phi) is 9.56. The fraction of sp³-hybridized carbons (Fsp3) is 0.548.